The monoisotopic (exact) mass is 350 g/mol. The summed E-state index contributed by atoms with van der Waals surface area (Å²) in [7, 11) is 0. The molecule has 7 heteroatoms. The molecule has 0 fully saturated rings. The molecule has 2 aromatic heterocycles. The molecule has 0 aliphatic carbocycles. The third-order valence-corrected chi connectivity index (χ3v) is 3.57. The largest absolute Gasteiger partial charge is 0.445 e. The Balaban J connectivity index is 1.79. The SMILES string of the molecule is C=CCOC(=O)Nc1cnc2[nH]c(-c3ccc(NC(C)=O)cc3)cc2c1. The number of rotatable bonds is 5. The number of anilines is 2. The normalized spacial score (nSPS) is 10.3. The molecule has 132 valence electrons. The van der Waals surface area contributed by atoms with Crippen LogP contribution in [0.5, 0.6) is 0 Å². The van der Waals surface area contributed by atoms with Gasteiger partial charge in [0.1, 0.15) is 12.3 Å². The molecule has 3 rings (SSSR count). The maximum absolute atomic E-state index is 11.6. The number of benzene rings is 1. The maximum atomic E-state index is 11.6. The van der Waals surface area contributed by atoms with Crippen molar-refractivity contribution in [3.05, 3.63) is 55.3 Å². The van der Waals surface area contributed by atoms with Crippen molar-refractivity contribution in [2.45, 2.75) is 6.92 Å². The lowest BCUT2D eigenvalue weighted by molar-refractivity contribution is -0.114. The van der Waals surface area contributed by atoms with E-state index in [0.29, 0.717) is 11.3 Å². The standard InChI is InChI=1S/C19H18N4O3/c1-3-8-26-19(25)22-16-9-14-10-17(23-18(14)20-11-16)13-4-6-15(7-5-13)21-12(2)24/h3-7,9-11H,1,8H2,2H3,(H,20,23)(H,21,24)(H,22,25). The van der Waals surface area contributed by atoms with Crippen LogP contribution in [0.4, 0.5) is 16.2 Å². The topological polar surface area (TPSA) is 96.1 Å². The molecule has 0 aliphatic rings. The highest BCUT2D eigenvalue weighted by molar-refractivity contribution is 5.91. The number of carbonyl (C=O) groups is 2. The lowest BCUT2D eigenvalue weighted by Crippen LogP contribution is -2.13. The van der Waals surface area contributed by atoms with Crippen LogP contribution < -0.4 is 10.6 Å². The Labute approximate surface area is 150 Å². The Hall–Kier alpha value is -3.61. The fourth-order valence-electron chi connectivity index (χ4n) is 2.46. The summed E-state index contributed by atoms with van der Waals surface area (Å²) in [6.07, 6.45) is 2.49. The fourth-order valence-corrected chi connectivity index (χ4v) is 2.46. The predicted octanol–water partition coefficient (Wildman–Crippen LogP) is 3.92. The minimum absolute atomic E-state index is 0.112. The lowest BCUT2D eigenvalue weighted by Gasteiger charge is -2.04. The van der Waals surface area contributed by atoms with Crippen molar-refractivity contribution in [1.82, 2.24) is 9.97 Å². The van der Waals surface area contributed by atoms with Crippen molar-refractivity contribution in [1.29, 1.82) is 0 Å². The van der Waals surface area contributed by atoms with E-state index in [-0.39, 0.29) is 12.5 Å². The summed E-state index contributed by atoms with van der Waals surface area (Å²) in [5.74, 6) is -0.112. The number of nitrogens with one attached hydrogen (secondary N) is 3. The first-order valence-electron chi connectivity index (χ1n) is 7.96. The average Bonchev–Trinajstić information content (AvgIpc) is 3.03. The summed E-state index contributed by atoms with van der Waals surface area (Å²) in [6, 6.07) is 11.2. The van der Waals surface area contributed by atoms with Crippen LogP contribution in [0.25, 0.3) is 22.3 Å². The Bertz CT molecular complexity index is 961. The number of aromatic nitrogens is 2. The van der Waals surface area contributed by atoms with E-state index < -0.39 is 6.09 Å². The van der Waals surface area contributed by atoms with Crippen molar-refractivity contribution < 1.29 is 14.3 Å². The number of H-pyrrole nitrogens is 1. The second-order valence-electron chi connectivity index (χ2n) is 5.62. The molecule has 2 heterocycles. The van der Waals surface area contributed by atoms with E-state index in [1.165, 1.54) is 13.0 Å². The van der Waals surface area contributed by atoms with Crippen molar-refractivity contribution in [2.75, 3.05) is 17.2 Å². The van der Waals surface area contributed by atoms with E-state index in [2.05, 4.69) is 27.2 Å². The Morgan fingerprint density at radius 3 is 2.65 bits per heavy atom. The molecule has 0 saturated carbocycles. The number of amides is 2. The summed E-state index contributed by atoms with van der Waals surface area (Å²) >= 11 is 0. The van der Waals surface area contributed by atoms with Crippen LogP contribution >= 0.6 is 0 Å². The Morgan fingerprint density at radius 1 is 1.19 bits per heavy atom. The van der Waals surface area contributed by atoms with Crippen LogP contribution in [0.2, 0.25) is 0 Å². The molecule has 2 amide bonds. The van der Waals surface area contributed by atoms with E-state index in [1.54, 1.807) is 6.20 Å². The van der Waals surface area contributed by atoms with Gasteiger partial charge in [0.25, 0.3) is 0 Å². The molecule has 1 aromatic carbocycles. The molecule has 0 unspecified atom stereocenters. The van der Waals surface area contributed by atoms with Gasteiger partial charge in [0.15, 0.2) is 0 Å². The molecular weight excluding hydrogens is 332 g/mol. The summed E-state index contributed by atoms with van der Waals surface area (Å²) < 4.78 is 4.89. The molecule has 0 atom stereocenters. The number of hydrogen-bond donors (Lipinski definition) is 3. The Morgan fingerprint density at radius 2 is 1.96 bits per heavy atom. The number of aromatic amines is 1. The zero-order valence-electron chi connectivity index (χ0n) is 14.2. The van der Waals surface area contributed by atoms with Crippen LogP contribution in [-0.2, 0) is 9.53 Å². The van der Waals surface area contributed by atoms with E-state index in [4.69, 9.17) is 4.74 Å². The highest BCUT2D eigenvalue weighted by Crippen LogP contribution is 2.26. The second-order valence-corrected chi connectivity index (χ2v) is 5.62. The molecule has 3 aromatic rings. The van der Waals surface area contributed by atoms with Crippen molar-refractivity contribution in [3.8, 4) is 11.3 Å². The quantitative estimate of drug-likeness (QED) is 0.608. The molecule has 7 nitrogen and oxygen atoms in total. The highest BCUT2D eigenvalue weighted by atomic mass is 16.5. The van der Waals surface area contributed by atoms with Gasteiger partial charge in [-0.2, -0.15) is 0 Å². The van der Waals surface area contributed by atoms with Gasteiger partial charge < -0.3 is 15.0 Å². The van der Waals surface area contributed by atoms with Gasteiger partial charge in [-0.15, -0.1) is 0 Å². The first-order chi connectivity index (χ1) is 12.5. The molecule has 0 radical (unpaired) electrons. The van der Waals surface area contributed by atoms with Gasteiger partial charge in [-0.25, -0.2) is 9.78 Å². The van der Waals surface area contributed by atoms with Crippen LogP contribution in [0.1, 0.15) is 6.92 Å². The van der Waals surface area contributed by atoms with Gasteiger partial charge in [0, 0.05) is 23.7 Å². The summed E-state index contributed by atoms with van der Waals surface area (Å²) in [5.41, 5.74) is 3.82. The maximum Gasteiger partial charge on any atom is 0.411 e. The zero-order valence-corrected chi connectivity index (χ0v) is 14.2. The van der Waals surface area contributed by atoms with E-state index in [0.717, 1.165) is 22.3 Å². The zero-order chi connectivity index (χ0) is 18.5. The van der Waals surface area contributed by atoms with Gasteiger partial charge in [0.05, 0.1) is 11.9 Å². The number of ether oxygens (including phenoxy) is 1. The van der Waals surface area contributed by atoms with Gasteiger partial charge >= 0.3 is 6.09 Å². The molecule has 0 spiro atoms. The van der Waals surface area contributed by atoms with E-state index >= 15 is 0 Å². The predicted molar refractivity (Wildman–Crippen MR) is 101 cm³/mol. The van der Waals surface area contributed by atoms with Crippen molar-refractivity contribution in [3.63, 3.8) is 0 Å². The first kappa shape index (κ1) is 17.2. The average molecular weight is 350 g/mol. The lowest BCUT2D eigenvalue weighted by atomic mass is 10.1. The Kier molecular flexibility index (Phi) is 4.98. The van der Waals surface area contributed by atoms with Crippen LogP contribution in [0.3, 0.4) is 0 Å². The minimum Gasteiger partial charge on any atom is -0.445 e. The van der Waals surface area contributed by atoms with Gasteiger partial charge in [0.2, 0.25) is 5.91 Å². The van der Waals surface area contributed by atoms with Gasteiger partial charge in [-0.1, -0.05) is 24.8 Å². The number of fused-ring (bicyclic) bond motifs is 1. The molecule has 0 saturated heterocycles. The smallest absolute Gasteiger partial charge is 0.411 e. The van der Waals surface area contributed by atoms with Crippen LogP contribution in [0, 0.1) is 0 Å². The van der Waals surface area contributed by atoms with Crippen molar-refractivity contribution >= 4 is 34.4 Å². The van der Waals surface area contributed by atoms with E-state index in [9.17, 15) is 9.59 Å². The van der Waals surface area contributed by atoms with Crippen molar-refractivity contribution in [2.24, 2.45) is 0 Å². The van der Waals surface area contributed by atoms with Gasteiger partial charge in [-0.05, 0) is 29.8 Å². The summed E-state index contributed by atoms with van der Waals surface area (Å²) in [6.45, 7) is 5.10. The second kappa shape index (κ2) is 7.52. The highest BCUT2D eigenvalue weighted by Gasteiger charge is 2.08. The number of nitrogens with zero attached hydrogens (tertiary/aromatic N) is 1. The third-order valence-electron chi connectivity index (χ3n) is 3.57. The summed E-state index contributed by atoms with van der Waals surface area (Å²) in [5, 5.41) is 6.20. The molecule has 0 aliphatic heterocycles. The molecular formula is C19H18N4O3. The molecule has 0 bridgehead atoms. The third kappa shape index (κ3) is 4.07. The minimum atomic E-state index is -0.560. The number of hydrogen-bond acceptors (Lipinski definition) is 4. The fraction of sp³-hybridized carbons (Fsp3) is 0.105. The first-order valence-corrected chi connectivity index (χ1v) is 7.96. The number of carbonyl (C=O) groups excluding carboxylic acids is 2. The van der Waals surface area contributed by atoms with Crippen LogP contribution in [0.15, 0.2) is 55.3 Å². The number of pyridine rings is 1. The van der Waals surface area contributed by atoms with Crippen LogP contribution in [-0.4, -0.2) is 28.6 Å². The van der Waals surface area contributed by atoms with E-state index in [1.807, 2.05) is 36.4 Å². The molecule has 3 N–H and O–H groups in total. The summed E-state index contributed by atoms with van der Waals surface area (Å²) in [4.78, 5) is 30.2. The van der Waals surface area contributed by atoms with Gasteiger partial charge in [-0.3, -0.25) is 10.1 Å². The molecule has 26 heavy (non-hydrogen) atoms.